The lowest BCUT2D eigenvalue weighted by Gasteiger charge is -2.16. The van der Waals surface area contributed by atoms with Crippen LogP contribution in [-0.4, -0.2) is 39.6 Å². The second kappa shape index (κ2) is 5.96. The Morgan fingerprint density at radius 1 is 1.23 bits per heavy atom. The molecule has 1 aromatic carbocycles. The molecule has 2 aromatic heterocycles. The number of benzene rings is 1. The number of hydrogen-bond donors (Lipinski definition) is 2. The molecule has 3 heterocycles. The van der Waals surface area contributed by atoms with Gasteiger partial charge < -0.3 is 20.3 Å². The number of amides is 1. The van der Waals surface area contributed by atoms with Gasteiger partial charge in [-0.2, -0.15) is 0 Å². The largest absolute Gasteiger partial charge is 0.384 e. The Bertz CT molecular complexity index is 984. The third-order valence-electron chi connectivity index (χ3n) is 4.72. The summed E-state index contributed by atoms with van der Waals surface area (Å²) in [6.07, 6.45) is 1.92. The van der Waals surface area contributed by atoms with E-state index in [2.05, 4.69) is 10.1 Å². The molecular weight excluding hydrogens is 332 g/mol. The third kappa shape index (κ3) is 2.53. The van der Waals surface area contributed by atoms with Crippen LogP contribution in [0.25, 0.3) is 22.4 Å². The van der Waals surface area contributed by atoms with E-state index in [-0.39, 0.29) is 18.1 Å². The van der Waals surface area contributed by atoms with Crippen molar-refractivity contribution in [2.24, 2.45) is 0 Å². The summed E-state index contributed by atoms with van der Waals surface area (Å²) in [6.45, 7) is 0.470. The molecule has 1 aliphatic heterocycles. The maximum atomic E-state index is 12.3. The molecule has 1 amide bonds. The van der Waals surface area contributed by atoms with Crippen molar-refractivity contribution in [2.45, 2.75) is 12.0 Å². The Balaban J connectivity index is 1.77. The minimum atomic E-state index is -1.66. The second-order valence-corrected chi connectivity index (χ2v) is 6.43. The van der Waals surface area contributed by atoms with Crippen molar-refractivity contribution in [1.29, 1.82) is 0 Å². The van der Waals surface area contributed by atoms with E-state index in [1.165, 1.54) is 4.90 Å². The van der Waals surface area contributed by atoms with E-state index in [0.717, 1.165) is 16.7 Å². The predicted molar refractivity (Wildman–Crippen MR) is 95.7 cm³/mol. The molecule has 0 spiro atoms. The van der Waals surface area contributed by atoms with E-state index in [9.17, 15) is 9.90 Å². The first-order valence-electron chi connectivity index (χ1n) is 8.25. The average Bonchev–Trinajstić information content (AvgIpc) is 3.24. The van der Waals surface area contributed by atoms with Gasteiger partial charge in [0.2, 0.25) is 5.60 Å². The Morgan fingerprint density at radius 3 is 2.69 bits per heavy atom. The number of hydrogen-bond acceptors (Lipinski definition) is 6. The third-order valence-corrected chi connectivity index (χ3v) is 4.72. The number of aromatic nitrogens is 2. The van der Waals surface area contributed by atoms with Gasteiger partial charge in [0.25, 0.3) is 5.91 Å². The molecule has 1 aliphatic rings. The van der Waals surface area contributed by atoms with Crippen molar-refractivity contribution in [3.8, 4) is 22.4 Å². The number of rotatable bonds is 3. The molecule has 7 heteroatoms. The number of likely N-dealkylation sites (N-methyl/N-ethyl adjacent to an activating group) is 1. The molecule has 1 saturated heterocycles. The predicted octanol–water partition coefficient (Wildman–Crippen LogP) is 2.04. The van der Waals surface area contributed by atoms with Gasteiger partial charge in [-0.25, -0.2) is 4.98 Å². The van der Waals surface area contributed by atoms with Crippen LogP contribution >= 0.6 is 0 Å². The van der Waals surface area contributed by atoms with E-state index >= 15 is 0 Å². The monoisotopic (exact) mass is 350 g/mol. The van der Waals surface area contributed by atoms with Crippen molar-refractivity contribution in [3.05, 3.63) is 54.4 Å². The number of likely N-dealkylation sites (tertiary alicyclic amines) is 1. The van der Waals surface area contributed by atoms with Gasteiger partial charge >= 0.3 is 0 Å². The number of anilines is 1. The van der Waals surface area contributed by atoms with Crippen LogP contribution in [0.4, 0.5) is 5.82 Å². The van der Waals surface area contributed by atoms with Gasteiger partial charge in [-0.1, -0.05) is 29.4 Å². The molecule has 7 nitrogen and oxygen atoms in total. The van der Waals surface area contributed by atoms with Crippen LogP contribution < -0.4 is 5.73 Å². The standard InChI is InChI=1S/C19H18N4O3/c1-23-9-7-19(25,18(23)24)16-11-15(22-26-16)14-5-3-2-4-13(14)12-6-8-21-17(20)10-12/h2-6,8,10-11,25H,7,9H2,1H3,(H2,20,21). The molecule has 1 fully saturated rings. The molecule has 3 aromatic rings. The zero-order chi connectivity index (χ0) is 18.3. The normalized spacial score (nSPS) is 19.9. The van der Waals surface area contributed by atoms with Gasteiger partial charge in [-0.15, -0.1) is 0 Å². The molecule has 0 bridgehead atoms. The van der Waals surface area contributed by atoms with Crippen LogP contribution in [0, 0.1) is 0 Å². The van der Waals surface area contributed by atoms with Gasteiger partial charge in [0.15, 0.2) is 5.76 Å². The Morgan fingerprint density at radius 2 is 2.00 bits per heavy atom. The number of carbonyl (C=O) groups excluding carboxylic acids is 1. The van der Waals surface area contributed by atoms with Gasteiger partial charge in [-0.05, 0) is 23.3 Å². The van der Waals surface area contributed by atoms with E-state index < -0.39 is 5.60 Å². The average molecular weight is 350 g/mol. The lowest BCUT2D eigenvalue weighted by Crippen LogP contribution is -2.35. The highest BCUT2D eigenvalue weighted by Gasteiger charge is 2.48. The first-order valence-corrected chi connectivity index (χ1v) is 8.25. The molecule has 1 unspecified atom stereocenters. The molecule has 0 radical (unpaired) electrons. The number of carbonyl (C=O) groups is 1. The van der Waals surface area contributed by atoms with Crippen molar-refractivity contribution in [3.63, 3.8) is 0 Å². The Hall–Kier alpha value is -3.19. The highest BCUT2D eigenvalue weighted by Crippen LogP contribution is 2.37. The van der Waals surface area contributed by atoms with Crippen molar-refractivity contribution < 1.29 is 14.4 Å². The number of nitrogens with two attached hydrogens (primary N) is 1. The van der Waals surface area contributed by atoms with E-state index in [1.807, 2.05) is 30.3 Å². The topological polar surface area (TPSA) is 105 Å². The Labute approximate surface area is 150 Å². The summed E-state index contributed by atoms with van der Waals surface area (Å²) in [5, 5.41) is 14.8. The van der Waals surface area contributed by atoms with E-state index in [0.29, 0.717) is 18.1 Å². The summed E-state index contributed by atoms with van der Waals surface area (Å²) in [6, 6.07) is 12.9. The molecule has 1 atom stereocenters. The highest BCUT2D eigenvalue weighted by atomic mass is 16.5. The lowest BCUT2D eigenvalue weighted by atomic mass is 9.95. The van der Waals surface area contributed by atoms with Gasteiger partial charge in [0, 0.05) is 37.8 Å². The van der Waals surface area contributed by atoms with Crippen LogP contribution in [-0.2, 0) is 10.4 Å². The van der Waals surface area contributed by atoms with E-state index in [4.69, 9.17) is 10.3 Å². The van der Waals surface area contributed by atoms with Crippen LogP contribution in [0.15, 0.2) is 53.2 Å². The summed E-state index contributed by atoms with van der Waals surface area (Å²) in [4.78, 5) is 17.8. The van der Waals surface area contributed by atoms with E-state index in [1.54, 1.807) is 25.4 Å². The molecule has 132 valence electrons. The first kappa shape index (κ1) is 16.3. The second-order valence-electron chi connectivity index (χ2n) is 6.43. The lowest BCUT2D eigenvalue weighted by molar-refractivity contribution is -0.144. The van der Waals surface area contributed by atoms with Crippen LogP contribution in [0.5, 0.6) is 0 Å². The number of pyridine rings is 1. The molecule has 0 saturated carbocycles. The molecule has 3 N–H and O–H groups in total. The summed E-state index contributed by atoms with van der Waals surface area (Å²) < 4.78 is 5.35. The fraction of sp³-hybridized carbons (Fsp3) is 0.211. The van der Waals surface area contributed by atoms with Crippen molar-refractivity contribution in [1.82, 2.24) is 15.0 Å². The number of nitrogens with zero attached hydrogens (tertiary/aromatic N) is 3. The maximum absolute atomic E-state index is 12.3. The van der Waals surface area contributed by atoms with Crippen molar-refractivity contribution in [2.75, 3.05) is 19.3 Å². The smallest absolute Gasteiger partial charge is 0.262 e. The van der Waals surface area contributed by atoms with Gasteiger partial charge in [0.1, 0.15) is 11.5 Å². The highest BCUT2D eigenvalue weighted by molar-refractivity contribution is 5.88. The zero-order valence-electron chi connectivity index (χ0n) is 14.2. The molecule has 0 aliphatic carbocycles. The summed E-state index contributed by atoms with van der Waals surface area (Å²) in [5.74, 6) is 0.202. The van der Waals surface area contributed by atoms with Gasteiger partial charge in [-0.3, -0.25) is 4.79 Å². The zero-order valence-corrected chi connectivity index (χ0v) is 14.2. The summed E-state index contributed by atoms with van der Waals surface area (Å²) in [7, 11) is 1.65. The fourth-order valence-electron chi connectivity index (χ4n) is 3.25. The van der Waals surface area contributed by atoms with Crippen LogP contribution in [0.1, 0.15) is 12.2 Å². The minimum absolute atomic E-state index is 0.158. The molecular formula is C19H18N4O3. The molecule has 4 rings (SSSR count). The fourth-order valence-corrected chi connectivity index (χ4v) is 3.25. The minimum Gasteiger partial charge on any atom is -0.384 e. The SMILES string of the molecule is CN1CCC(O)(c2cc(-c3ccccc3-c3ccnc(N)c3)no2)C1=O. The van der Waals surface area contributed by atoms with Crippen LogP contribution in [0.2, 0.25) is 0 Å². The van der Waals surface area contributed by atoms with Gasteiger partial charge in [0.05, 0.1) is 0 Å². The number of nitrogen functional groups attached to an aromatic ring is 1. The van der Waals surface area contributed by atoms with Crippen LogP contribution in [0.3, 0.4) is 0 Å². The number of aliphatic hydroxyl groups is 1. The molecule has 26 heavy (non-hydrogen) atoms. The first-order chi connectivity index (χ1) is 12.5. The van der Waals surface area contributed by atoms with Crippen molar-refractivity contribution >= 4 is 11.7 Å². The maximum Gasteiger partial charge on any atom is 0.262 e. The Kier molecular flexibility index (Phi) is 3.73. The summed E-state index contributed by atoms with van der Waals surface area (Å²) in [5.41, 5.74) is 7.30. The summed E-state index contributed by atoms with van der Waals surface area (Å²) >= 11 is 0. The quantitative estimate of drug-likeness (QED) is 0.749.